The Bertz CT molecular complexity index is 773. The minimum atomic E-state index is 0.0761. The molecule has 2 heteroatoms. The summed E-state index contributed by atoms with van der Waals surface area (Å²) in [7, 11) is 0. The van der Waals surface area contributed by atoms with Gasteiger partial charge in [0.05, 0.1) is 0 Å². The average molecular weight is 373 g/mol. The molecule has 0 bridgehead atoms. The first-order valence-corrected chi connectivity index (χ1v) is 10.1. The maximum atomic E-state index is 6.07. The third kappa shape index (κ3) is 5.79. The quantitative estimate of drug-likeness (QED) is 0.552. The molecule has 0 atom stereocenters. The number of nitrogens with two attached hydrogens (primary N) is 1. The highest BCUT2D eigenvalue weighted by Gasteiger charge is 2.24. The van der Waals surface area contributed by atoms with Crippen molar-refractivity contribution in [2.75, 3.05) is 19.6 Å². The summed E-state index contributed by atoms with van der Waals surface area (Å²) in [6.07, 6.45) is 0. The molecule has 0 amide bonds. The minimum absolute atomic E-state index is 0.0761. The number of hydrogen-bond donors (Lipinski definition) is 1. The van der Waals surface area contributed by atoms with E-state index in [2.05, 4.69) is 110 Å². The van der Waals surface area contributed by atoms with Crippen LogP contribution in [0.2, 0.25) is 0 Å². The molecule has 0 aromatic heterocycles. The van der Waals surface area contributed by atoms with E-state index in [1.165, 1.54) is 16.7 Å². The largest absolute Gasteiger partial charge is 0.330 e. The summed E-state index contributed by atoms with van der Waals surface area (Å²) in [5.74, 6) is 0.333. The van der Waals surface area contributed by atoms with Crippen LogP contribution in [0.4, 0.5) is 0 Å². The first kappa shape index (κ1) is 20.3. The standard InChI is InChI=1S/C26H32N2/c1-26(2,20-27)21-28(18-22-12-6-3-7-13-22)19-25(23-14-8-4-9-15-23)24-16-10-5-11-17-24/h3-17,25H,18-21,27H2,1-2H3. The molecule has 0 spiro atoms. The minimum Gasteiger partial charge on any atom is -0.330 e. The number of hydrogen-bond acceptors (Lipinski definition) is 2. The number of rotatable bonds is 9. The van der Waals surface area contributed by atoms with Crippen LogP contribution in [0, 0.1) is 5.41 Å². The van der Waals surface area contributed by atoms with Crippen LogP contribution in [-0.4, -0.2) is 24.5 Å². The van der Waals surface area contributed by atoms with Crippen molar-refractivity contribution in [2.24, 2.45) is 11.1 Å². The second-order valence-corrected chi connectivity index (χ2v) is 8.40. The molecule has 2 N–H and O–H groups in total. The molecule has 3 rings (SSSR count). The highest BCUT2D eigenvalue weighted by molar-refractivity contribution is 5.33. The molecule has 0 aliphatic heterocycles. The molecule has 3 aromatic carbocycles. The fraction of sp³-hybridized carbons (Fsp3) is 0.308. The maximum absolute atomic E-state index is 6.07. The summed E-state index contributed by atoms with van der Waals surface area (Å²) in [6, 6.07) is 32.4. The Morgan fingerprint density at radius 2 is 1.21 bits per heavy atom. The molecule has 3 aromatic rings. The summed E-state index contributed by atoms with van der Waals surface area (Å²) in [4.78, 5) is 2.56. The monoisotopic (exact) mass is 372 g/mol. The lowest BCUT2D eigenvalue weighted by molar-refractivity contribution is 0.171. The maximum Gasteiger partial charge on any atom is 0.0234 e. The summed E-state index contributed by atoms with van der Waals surface area (Å²) < 4.78 is 0. The molecular formula is C26H32N2. The van der Waals surface area contributed by atoms with Gasteiger partial charge in [-0.15, -0.1) is 0 Å². The molecule has 146 valence electrons. The normalized spacial score (nSPS) is 11.9. The van der Waals surface area contributed by atoms with E-state index in [4.69, 9.17) is 5.73 Å². The molecule has 0 saturated heterocycles. The van der Waals surface area contributed by atoms with Gasteiger partial charge in [0.2, 0.25) is 0 Å². The molecule has 0 saturated carbocycles. The Hall–Kier alpha value is -2.42. The summed E-state index contributed by atoms with van der Waals surface area (Å²) in [5.41, 5.74) is 10.2. The second kappa shape index (κ2) is 9.68. The van der Waals surface area contributed by atoms with E-state index in [-0.39, 0.29) is 5.41 Å². The Morgan fingerprint density at radius 1 is 0.750 bits per heavy atom. The predicted molar refractivity (Wildman–Crippen MR) is 119 cm³/mol. The van der Waals surface area contributed by atoms with Crippen molar-refractivity contribution >= 4 is 0 Å². The topological polar surface area (TPSA) is 29.3 Å². The van der Waals surface area contributed by atoms with Crippen LogP contribution in [0.25, 0.3) is 0 Å². The second-order valence-electron chi connectivity index (χ2n) is 8.40. The third-order valence-electron chi connectivity index (χ3n) is 5.30. The average Bonchev–Trinajstić information content (AvgIpc) is 2.73. The summed E-state index contributed by atoms with van der Waals surface area (Å²) in [6.45, 7) is 8.05. The van der Waals surface area contributed by atoms with E-state index in [0.29, 0.717) is 12.5 Å². The van der Waals surface area contributed by atoms with Crippen molar-refractivity contribution in [1.82, 2.24) is 4.90 Å². The Labute approximate surface area is 170 Å². The zero-order chi connectivity index (χ0) is 19.8. The van der Waals surface area contributed by atoms with Crippen LogP contribution in [-0.2, 0) is 6.54 Å². The van der Waals surface area contributed by atoms with Crippen LogP contribution in [0.5, 0.6) is 0 Å². The van der Waals surface area contributed by atoms with E-state index < -0.39 is 0 Å². The predicted octanol–water partition coefficient (Wildman–Crippen LogP) is 5.31. The molecule has 28 heavy (non-hydrogen) atoms. The summed E-state index contributed by atoms with van der Waals surface area (Å²) in [5, 5.41) is 0. The van der Waals surface area contributed by atoms with E-state index in [1.807, 2.05) is 0 Å². The van der Waals surface area contributed by atoms with Crippen LogP contribution < -0.4 is 5.73 Å². The van der Waals surface area contributed by atoms with E-state index >= 15 is 0 Å². The van der Waals surface area contributed by atoms with Gasteiger partial charge in [0.25, 0.3) is 0 Å². The lowest BCUT2D eigenvalue weighted by Crippen LogP contribution is -2.40. The van der Waals surface area contributed by atoms with Gasteiger partial charge in [0.15, 0.2) is 0 Å². The Balaban J connectivity index is 1.90. The summed E-state index contributed by atoms with van der Waals surface area (Å²) >= 11 is 0. The fourth-order valence-corrected chi connectivity index (χ4v) is 3.73. The van der Waals surface area contributed by atoms with Crippen molar-refractivity contribution in [3.8, 4) is 0 Å². The van der Waals surface area contributed by atoms with Crippen molar-refractivity contribution in [3.05, 3.63) is 108 Å². The molecular weight excluding hydrogens is 340 g/mol. The fourth-order valence-electron chi connectivity index (χ4n) is 3.73. The highest BCUT2D eigenvalue weighted by atomic mass is 15.1. The highest BCUT2D eigenvalue weighted by Crippen LogP contribution is 2.28. The van der Waals surface area contributed by atoms with Gasteiger partial charge < -0.3 is 5.73 Å². The van der Waals surface area contributed by atoms with Crippen LogP contribution >= 0.6 is 0 Å². The van der Waals surface area contributed by atoms with Gasteiger partial charge in [-0.05, 0) is 28.7 Å². The van der Waals surface area contributed by atoms with Crippen molar-refractivity contribution in [1.29, 1.82) is 0 Å². The first-order valence-electron chi connectivity index (χ1n) is 10.1. The van der Waals surface area contributed by atoms with E-state index in [9.17, 15) is 0 Å². The van der Waals surface area contributed by atoms with Gasteiger partial charge in [-0.1, -0.05) is 105 Å². The van der Waals surface area contributed by atoms with E-state index in [1.54, 1.807) is 0 Å². The van der Waals surface area contributed by atoms with Gasteiger partial charge in [-0.3, -0.25) is 4.90 Å². The third-order valence-corrected chi connectivity index (χ3v) is 5.30. The smallest absolute Gasteiger partial charge is 0.0234 e. The Morgan fingerprint density at radius 3 is 1.68 bits per heavy atom. The van der Waals surface area contributed by atoms with Crippen LogP contribution in [0.1, 0.15) is 36.5 Å². The van der Waals surface area contributed by atoms with Gasteiger partial charge in [0.1, 0.15) is 0 Å². The lowest BCUT2D eigenvalue weighted by atomic mass is 9.88. The van der Waals surface area contributed by atoms with Crippen molar-refractivity contribution in [2.45, 2.75) is 26.3 Å². The molecule has 0 fully saturated rings. The molecule has 0 heterocycles. The lowest BCUT2D eigenvalue weighted by Gasteiger charge is -2.34. The van der Waals surface area contributed by atoms with E-state index in [0.717, 1.165) is 19.6 Å². The zero-order valence-electron chi connectivity index (χ0n) is 17.1. The number of nitrogens with zero attached hydrogens (tertiary/aromatic N) is 1. The number of benzene rings is 3. The first-order chi connectivity index (χ1) is 13.6. The SMILES string of the molecule is CC(C)(CN)CN(Cc1ccccc1)CC(c1ccccc1)c1ccccc1. The van der Waals surface area contributed by atoms with Crippen molar-refractivity contribution < 1.29 is 0 Å². The molecule has 0 aliphatic carbocycles. The van der Waals surface area contributed by atoms with Crippen LogP contribution in [0.3, 0.4) is 0 Å². The van der Waals surface area contributed by atoms with Gasteiger partial charge in [-0.25, -0.2) is 0 Å². The van der Waals surface area contributed by atoms with Crippen LogP contribution in [0.15, 0.2) is 91.0 Å². The molecule has 2 nitrogen and oxygen atoms in total. The molecule has 0 aliphatic rings. The van der Waals surface area contributed by atoms with Gasteiger partial charge in [0, 0.05) is 25.6 Å². The molecule has 0 unspecified atom stereocenters. The Kier molecular flexibility index (Phi) is 7.02. The van der Waals surface area contributed by atoms with Crippen molar-refractivity contribution in [3.63, 3.8) is 0 Å². The van der Waals surface area contributed by atoms with Gasteiger partial charge >= 0.3 is 0 Å². The molecule has 0 radical (unpaired) electrons. The zero-order valence-corrected chi connectivity index (χ0v) is 17.1. The van der Waals surface area contributed by atoms with Gasteiger partial charge in [-0.2, -0.15) is 0 Å².